The molecule has 1 aromatic heterocycles. The lowest BCUT2D eigenvalue weighted by molar-refractivity contribution is -0.384. The lowest BCUT2D eigenvalue weighted by Gasteiger charge is -2.24. The maximum Gasteiger partial charge on any atom is 0.338 e. The smallest absolute Gasteiger partial charge is 0.338 e. The minimum atomic E-state index is -0.686. The molecule has 1 aliphatic rings. The average molecular weight is 539 g/mol. The molecule has 1 aliphatic heterocycles. The number of non-ortho nitro benzene ring substituents is 1. The Labute approximate surface area is 228 Å². The van der Waals surface area contributed by atoms with Crippen molar-refractivity contribution in [2.45, 2.75) is 26.5 Å². The highest BCUT2D eigenvalue weighted by molar-refractivity contribution is 5.91. The summed E-state index contributed by atoms with van der Waals surface area (Å²) in [5.41, 5.74) is 3.18. The number of allylic oxidation sites excluding steroid dienone is 1. The molecule has 0 spiro atoms. The second kappa shape index (κ2) is 11.2. The summed E-state index contributed by atoms with van der Waals surface area (Å²) in [6.07, 6.45) is 1.71. The van der Waals surface area contributed by atoms with Crippen LogP contribution < -0.4 is 21.3 Å². The molecule has 0 saturated carbocycles. The van der Waals surface area contributed by atoms with Gasteiger partial charge in [-0.1, -0.05) is 42.5 Å². The average Bonchev–Trinajstić information content (AvgIpc) is 3.26. The number of fused-ring (bicyclic) bond motifs is 1. The molecule has 1 atom stereocenters. The number of carbonyl (C=O) groups is 1. The molecule has 2 heterocycles. The number of nitro benzene ring substituents is 1. The van der Waals surface area contributed by atoms with Crippen LogP contribution in [0, 0.1) is 10.1 Å². The van der Waals surface area contributed by atoms with E-state index < -0.39 is 16.9 Å². The lowest BCUT2D eigenvalue weighted by Crippen LogP contribution is -2.40. The highest BCUT2D eigenvalue weighted by Crippen LogP contribution is 2.30. The minimum Gasteiger partial charge on any atom is -0.489 e. The summed E-state index contributed by atoms with van der Waals surface area (Å²) in [5, 5.41) is 11.1. The molecule has 5 rings (SSSR count). The van der Waals surface area contributed by atoms with Gasteiger partial charge < -0.3 is 14.5 Å². The van der Waals surface area contributed by atoms with Crippen molar-refractivity contribution in [3.8, 4) is 5.75 Å². The normalized spacial score (nSPS) is 14.8. The quantitative estimate of drug-likeness (QED) is 0.208. The van der Waals surface area contributed by atoms with Gasteiger partial charge in [0.15, 0.2) is 0 Å². The van der Waals surface area contributed by atoms with Crippen molar-refractivity contribution in [1.29, 1.82) is 0 Å². The maximum absolute atomic E-state index is 13.6. The number of imidazole rings is 1. The van der Waals surface area contributed by atoms with Gasteiger partial charge in [0.2, 0.25) is 5.62 Å². The molecule has 0 bridgehead atoms. The first kappa shape index (κ1) is 26.4. The molecule has 40 heavy (non-hydrogen) atoms. The van der Waals surface area contributed by atoms with E-state index in [2.05, 4.69) is 9.98 Å². The van der Waals surface area contributed by atoms with Crippen molar-refractivity contribution < 1.29 is 19.2 Å². The van der Waals surface area contributed by atoms with Crippen molar-refractivity contribution in [3.05, 3.63) is 138 Å². The number of carbonyl (C=O) groups excluding carboxylic acids is 1. The Kier molecular flexibility index (Phi) is 7.41. The second-order valence-corrected chi connectivity index (χ2v) is 9.11. The predicted octanol–water partition coefficient (Wildman–Crippen LogP) is 3.55. The zero-order chi connectivity index (χ0) is 28.2. The Morgan fingerprint density at radius 1 is 1.07 bits per heavy atom. The van der Waals surface area contributed by atoms with Crippen molar-refractivity contribution in [2.75, 3.05) is 6.61 Å². The molecule has 1 N–H and O–H groups in total. The zero-order valence-electron chi connectivity index (χ0n) is 21.9. The van der Waals surface area contributed by atoms with E-state index in [0.717, 1.165) is 16.7 Å². The third-order valence-corrected chi connectivity index (χ3v) is 6.47. The molecule has 0 aliphatic carbocycles. The maximum atomic E-state index is 13.6. The third-order valence-electron chi connectivity index (χ3n) is 6.47. The molecule has 10 nitrogen and oxygen atoms in total. The van der Waals surface area contributed by atoms with E-state index in [-0.39, 0.29) is 24.5 Å². The van der Waals surface area contributed by atoms with Gasteiger partial charge in [0.25, 0.3) is 11.2 Å². The number of nitrogens with zero attached hydrogens (tertiary/aromatic N) is 3. The van der Waals surface area contributed by atoms with Crippen LogP contribution in [0.4, 0.5) is 5.69 Å². The minimum absolute atomic E-state index is 0.0245. The van der Waals surface area contributed by atoms with Crippen LogP contribution in [0.25, 0.3) is 6.08 Å². The Balaban J connectivity index is 1.43. The van der Waals surface area contributed by atoms with Gasteiger partial charge in [0.05, 0.1) is 28.8 Å². The lowest BCUT2D eigenvalue weighted by atomic mass is 9.96. The van der Waals surface area contributed by atoms with E-state index >= 15 is 0 Å². The van der Waals surface area contributed by atoms with E-state index in [1.165, 1.54) is 16.7 Å². The number of H-pyrrole nitrogens is 1. The summed E-state index contributed by atoms with van der Waals surface area (Å²) in [6.45, 7) is 3.93. The first-order valence-corrected chi connectivity index (χ1v) is 12.7. The number of rotatable bonds is 8. The fourth-order valence-corrected chi connectivity index (χ4v) is 4.55. The Bertz CT molecular complexity index is 1770. The van der Waals surface area contributed by atoms with Gasteiger partial charge in [-0.2, -0.15) is 0 Å². The number of esters is 1. The molecule has 3 aromatic carbocycles. The van der Waals surface area contributed by atoms with Gasteiger partial charge >= 0.3 is 5.97 Å². The molecular weight excluding hydrogens is 512 g/mol. The SMILES string of the molecule is CCOC(=O)C1=C(C)N=c2[nH]/c(=C\c3ccc(OCc4ccc([N+](=O)[O-])cc4)cc3)c(=O)n2C1c1ccccc1. The van der Waals surface area contributed by atoms with Gasteiger partial charge in [-0.05, 0) is 60.9 Å². The molecule has 202 valence electrons. The number of hydrogen-bond donors (Lipinski definition) is 1. The monoisotopic (exact) mass is 538 g/mol. The molecule has 1 unspecified atom stereocenters. The standard InChI is InChI=1S/C30H26N4O6/c1-3-39-29(36)26-19(2)31-30-32-25(28(35)33(30)27(26)22-7-5-4-6-8-22)17-20-11-15-24(16-12-20)40-18-21-9-13-23(14-10-21)34(37)38/h4-17,27H,3,18H2,1-2H3,(H,31,32)/b25-17-. The number of nitrogens with one attached hydrogen (secondary N) is 1. The summed E-state index contributed by atoms with van der Waals surface area (Å²) < 4.78 is 12.6. The van der Waals surface area contributed by atoms with Crippen LogP contribution in [0.3, 0.4) is 0 Å². The van der Waals surface area contributed by atoms with Crippen LogP contribution in [0.2, 0.25) is 0 Å². The summed E-state index contributed by atoms with van der Waals surface area (Å²) in [4.78, 5) is 44.5. The van der Waals surface area contributed by atoms with Gasteiger partial charge in [-0.25, -0.2) is 9.79 Å². The second-order valence-electron chi connectivity index (χ2n) is 9.11. The van der Waals surface area contributed by atoms with E-state index in [0.29, 0.717) is 28.0 Å². The summed E-state index contributed by atoms with van der Waals surface area (Å²) in [5.74, 6) is 0.0993. The number of ether oxygens (including phenoxy) is 2. The summed E-state index contributed by atoms with van der Waals surface area (Å²) in [6, 6.07) is 22.0. The molecule has 0 fully saturated rings. The van der Waals surface area contributed by atoms with Crippen LogP contribution in [0.15, 0.2) is 99.9 Å². The third kappa shape index (κ3) is 5.32. The Hall–Kier alpha value is -5.25. The number of benzene rings is 3. The van der Waals surface area contributed by atoms with Crippen LogP contribution in [0.5, 0.6) is 5.75 Å². The molecule has 0 saturated heterocycles. The zero-order valence-corrected chi connectivity index (χ0v) is 21.9. The molecular formula is C30H26N4O6. The van der Waals surface area contributed by atoms with Crippen molar-refractivity contribution >= 4 is 17.7 Å². The fraction of sp³-hybridized carbons (Fsp3) is 0.167. The van der Waals surface area contributed by atoms with Crippen LogP contribution >= 0.6 is 0 Å². The number of aromatic nitrogens is 2. The summed E-state index contributed by atoms with van der Waals surface area (Å²) >= 11 is 0. The van der Waals surface area contributed by atoms with Crippen molar-refractivity contribution in [2.24, 2.45) is 4.99 Å². The predicted molar refractivity (Wildman–Crippen MR) is 147 cm³/mol. The van der Waals surface area contributed by atoms with E-state index in [1.54, 1.807) is 44.2 Å². The van der Waals surface area contributed by atoms with E-state index in [9.17, 15) is 19.7 Å². The van der Waals surface area contributed by atoms with Gasteiger partial charge in [0, 0.05) is 12.1 Å². The van der Waals surface area contributed by atoms with Gasteiger partial charge in [-0.15, -0.1) is 0 Å². The van der Waals surface area contributed by atoms with Gasteiger partial charge in [-0.3, -0.25) is 19.5 Å². The first-order chi connectivity index (χ1) is 19.4. The van der Waals surface area contributed by atoms with E-state index in [4.69, 9.17) is 9.47 Å². The van der Waals surface area contributed by atoms with Crippen molar-refractivity contribution in [1.82, 2.24) is 9.55 Å². The molecule has 10 heteroatoms. The van der Waals surface area contributed by atoms with E-state index in [1.807, 2.05) is 42.5 Å². The molecule has 4 aromatic rings. The highest BCUT2D eigenvalue weighted by Gasteiger charge is 2.33. The van der Waals surface area contributed by atoms with Gasteiger partial charge in [0.1, 0.15) is 17.7 Å². The highest BCUT2D eigenvalue weighted by atomic mass is 16.6. The van der Waals surface area contributed by atoms with Crippen molar-refractivity contribution in [3.63, 3.8) is 0 Å². The van der Waals surface area contributed by atoms with Crippen LogP contribution in [0.1, 0.15) is 36.6 Å². The summed E-state index contributed by atoms with van der Waals surface area (Å²) in [7, 11) is 0. The number of hydrogen-bond acceptors (Lipinski definition) is 7. The first-order valence-electron chi connectivity index (χ1n) is 12.7. The fourth-order valence-electron chi connectivity index (χ4n) is 4.55. The molecule has 0 radical (unpaired) electrons. The number of aromatic amines is 1. The van der Waals surface area contributed by atoms with Crippen LogP contribution in [-0.4, -0.2) is 27.1 Å². The largest absolute Gasteiger partial charge is 0.489 e. The molecule has 0 amide bonds. The number of nitro groups is 1. The van der Waals surface area contributed by atoms with Crippen LogP contribution in [-0.2, 0) is 16.1 Å². The Morgan fingerprint density at radius 3 is 2.42 bits per heavy atom. The topological polar surface area (TPSA) is 129 Å². The Morgan fingerprint density at radius 2 is 1.77 bits per heavy atom.